The topological polar surface area (TPSA) is 38.3 Å². The third kappa shape index (κ3) is 3.39. The van der Waals surface area contributed by atoms with Gasteiger partial charge in [-0.2, -0.15) is 0 Å². The van der Waals surface area contributed by atoms with Crippen LogP contribution in [0.2, 0.25) is 0 Å². The van der Waals surface area contributed by atoms with Crippen LogP contribution in [0.5, 0.6) is 0 Å². The SMILES string of the molecule is COC(=O)c1cccc(NCc2cccc(Br)c2)c1C. The Balaban J connectivity index is 2.16. The number of benzene rings is 2. The van der Waals surface area contributed by atoms with Crippen molar-refractivity contribution in [3.63, 3.8) is 0 Å². The summed E-state index contributed by atoms with van der Waals surface area (Å²) in [7, 11) is 1.39. The first-order chi connectivity index (χ1) is 9.61. The van der Waals surface area contributed by atoms with Crippen molar-refractivity contribution in [1.82, 2.24) is 0 Å². The van der Waals surface area contributed by atoms with E-state index in [-0.39, 0.29) is 5.97 Å². The number of carbonyl (C=O) groups excluding carboxylic acids is 1. The number of methoxy groups -OCH3 is 1. The van der Waals surface area contributed by atoms with E-state index in [1.54, 1.807) is 6.07 Å². The number of anilines is 1. The standard InChI is InChI=1S/C16H16BrNO2/c1-11-14(16(19)20-2)7-4-8-15(11)18-10-12-5-3-6-13(17)9-12/h3-9,18H,10H2,1-2H3. The van der Waals surface area contributed by atoms with Crippen LogP contribution in [0.25, 0.3) is 0 Å². The molecular formula is C16H16BrNO2. The van der Waals surface area contributed by atoms with Gasteiger partial charge in [-0.25, -0.2) is 4.79 Å². The molecule has 1 N–H and O–H groups in total. The molecule has 0 aliphatic heterocycles. The molecule has 20 heavy (non-hydrogen) atoms. The summed E-state index contributed by atoms with van der Waals surface area (Å²) in [5, 5.41) is 3.35. The van der Waals surface area contributed by atoms with E-state index in [0.717, 1.165) is 15.7 Å². The lowest BCUT2D eigenvalue weighted by Gasteiger charge is -2.12. The Bertz CT molecular complexity index is 626. The molecule has 0 atom stereocenters. The molecule has 2 aromatic rings. The van der Waals surface area contributed by atoms with Crippen LogP contribution in [-0.4, -0.2) is 13.1 Å². The van der Waals surface area contributed by atoms with E-state index in [1.165, 1.54) is 12.7 Å². The van der Waals surface area contributed by atoms with Gasteiger partial charge in [-0.1, -0.05) is 34.1 Å². The summed E-state index contributed by atoms with van der Waals surface area (Å²) in [6.45, 7) is 2.61. The minimum Gasteiger partial charge on any atom is -0.465 e. The Morgan fingerprint density at radius 3 is 2.70 bits per heavy atom. The number of esters is 1. The lowest BCUT2D eigenvalue weighted by Crippen LogP contribution is -2.07. The minimum atomic E-state index is -0.311. The number of hydrogen-bond donors (Lipinski definition) is 1. The van der Waals surface area contributed by atoms with Crippen molar-refractivity contribution in [3.8, 4) is 0 Å². The Morgan fingerprint density at radius 2 is 2.00 bits per heavy atom. The van der Waals surface area contributed by atoms with E-state index in [0.29, 0.717) is 12.1 Å². The van der Waals surface area contributed by atoms with Crippen molar-refractivity contribution >= 4 is 27.6 Å². The van der Waals surface area contributed by atoms with Crippen LogP contribution in [0.1, 0.15) is 21.5 Å². The summed E-state index contributed by atoms with van der Waals surface area (Å²) in [6.07, 6.45) is 0. The lowest BCUT2D eigenvalue weighted by atomic mass is 10.1. The van der Waals surface area contributed by atoms with Gasteiger partial charge in [-0.15, -0.1) is 0 Å². The molecule has 0 radical (unpaired) electrons. The molecule has 0 unspecified atom stereocenters. The van der Waals surface area contributed by atoms with Crippen molar-refractivity contribution in [2.75, 3.05) is 12.4 Å². The van der Waals surface area contributed by atoms with Gasteiger partial charge >= 0.3 is 5.97 Å². The third-order valence-corrected chi connectivity index (χ3v) is 3.60. The maximum absolute atomic E-state index is 11.6. The van der Waals surface area contributed by atoms with Crippen LogP contribution in [0.4, 0.5) is 5.69 Å². The summed E-state index contributed by atoms with van der Waals surface area (Å²) < 4.78 is 5.83. The van der Waals surface area contributed by atoms with Crippen LogP contribution in [0, 0.1) is 6.92 Å². The van der Waals surface area contributed by atoms with Gasteiger partial charge in [-0.05, 0) is 42.3 Å². The molecule has 0 saturated carbocycles. The van der Waals surface area contributed by atoms with Crippen LogP contribution in [0.3, 0.4) is 0 Å². The van der Waals surface area contributed by atoms with Gasteiger partial charge in [0.1, 0.15) is 0 Å². The quantitative estimate of drug-likeness (QED) is 0.854. The van der Waals surface area contributed by atoms with E-state index in [2.05, 4.69) is 33.4 Å². The normalized spacial score (nSPS) is 10.2. The zero-order valence-electron chi connectivity index (χ0n) is 11.4. The molecule has 0 bridgehead atoms. The molecule has 0 aromatic heterocycles. The number of nitrogens with one attached hydrogen (secondary N) is 1. The van der Waals surface area contributed by atoms with Gasteiger partial charge in [0, 0.05) is 16.7 Å². The fourth-order valence-electron chi connectivity index (χ4n) is 2.00. The highest BCUT2D eigenvalue weighted by Crippen LogP contribution is 2.21. The molecule has 3 nitrogen and oxygen atoms in total. The van der Waals surface area contributed by atoms with Gasteiger partial charge in [-0.3, -0.25) is 0 Å². The fourth-order valence-corrected chi connectivity index (χ4v) is 2.45. The van der Waals surface area contributed by atoms with E-state index in [4.69, 9.17) is 4.74 Å². The molecule has 0 aliphatic carbocycles. The first-order valence-electron chi connectivity index (χ1n) is 6.28. The summed E-state index contributed by atoms with van der Waals surface area (Å²) >= 11 is 3.45. The average Bonchev–Trinajstić information content (AvgIpc) is 2.45. The Hall–Kier alpha value is -1.81. The molecular weight excluding hydrogens is 318 g/mol. The zero-order chi connectivity index (χ0) is 14.5. The van der Waals surface area contributed by atoms with Crippen LogP contribution in [-0.2, 0) is 11.3 Å². The van der Waals surface area contributed by atoms with Crippen LogP contribution < -0.4 is 5.32 Å². The molecule has 0 spiro atoms. The first kappa shape index (κ1) is 14.6. The second-order valence-electron chi connectivity index (χ2n) is 4.45. The summed E-state index contributed by atoms with van der Waals surface area (Å²) in [6, 6.07) is 13.7. The van der Waals surface area contributed by atoms with Gasteiger partial charge < -0.3 is 10.1 Å². The molecule has 0 amide bonds. The maximum atomic E-state index is 11.6. The second kappa shape index (κ2) is 6.57. The first-order valence-corrected chi connectivity index (χ1v) is 7.07. The predicted molar refractivity (Wildman–Crippen MR) is 84.0 cm³/mol. The molecule has 0 aliphatic rings. The molecule has 0 heterocycles. The number of rotatable bonds is 4. The van der Waals surface area contributed by atoms with Crippen molar-refractivity contribution in [1.29, 1.82) is 0 Å². The number of ether oxygens (including phenoxy) is 1. The average molecular weight is 334 g/mol. The molecule has 4 heteroatoms. The highest BCUT2D eigenvalue weighted by molar-refractivity contribution is 9.10. The van der Waals surface area contributed by atoms with Crippen molar-refractivity contribution in [3.05, 3.63) is 63.6 Å². The van der Waals surface area contributed by atoms with Crippen LogP contribution in [0.15, 0.2) is 46.9 Å². The molecule has 104 valence electrons. The van der Waals surface area contributed by atoms with E-state index in [1.807, 2.05) is 31.2 Å². The minimum absolute atomic E-state index is 0.311. The highest BCUT2D eigenvalue weighted by atomic mass is 79.9. The monoisotopic (exact) mass is 333 g/mol. The highest BCUT2D eigenvalue weighted by Gasteiger charge is 2.11. The molecule has 0 fully saturated rings. The van der Waals surface area contributed by atoms with Gasteiger partial charge in [0.05, 0.1) is 12.7 Å². The predicted octanol–water partition coefficient (Wildman–Crippen LogP) is 4.16. The second-order valence-corrected chi connectivity index (χ2v) is 5.37. The van der Waals surface area contributed by atoms with Crippen molar-refractivity contribution in [2.24, 2.45) is 0 Å². The molecule has 0 saturated heterocycles. The number of halogens is 1. The number of carbonyl (C=O) groups is 1. The van der Waals surface area contributed by atoms with Crippen molar-refractivity contribution in [2.45, 2.75) is 13.5 Å². The number of hydrogen-bond acceptors (Lipinski definition) is 3. The maximum Gasteiger partial charge on any atom is 0.338 e. The zero-order valence-corrected chi connectivity index (χ0v) is 13.0. The van der Waals surface area contributed by atoms with Crippen LogP contribution >= 0.6 is 15.9 Å². The molecule has 2 aromatic carbocycles. The Kier molecular flexibility index (Phi) is 4.79. The Morgan fingerprint density at radius 1 is 1.25 bits per heavy atom. The van der Waals surface area contributed by atoms with Crippen molar-refractivity contribution < 1.29 is 9.53 Å². The third-order valence-electron chi connectivity index (χ3n) is 3.11. The largest absolute Gasteiger partial charge is 0.465 e. The van der Waals surface area contributed by atoms with Gasteiger partial charge in [0.2, 0.25) is 0 Å². The smallest absolute Gasteiger partial charge is 0.338 e. The van der Waals surface area contributed by atoms with Gasteiger partial charge in [0.25, 0.3) is 0 Å². The fraction of sp³-hybridized carbons (Fsp3) is 0.188. The summed E-state index contributed by atoms with van der Waals surface area (Å²) in [5.41, 5.74) is 3.59. The summed E-state index contributed by atoms with van der Waals surface area (Å²) in [4.78, 5) is 11.6. The summed E-state index contributed by atoms with van der Waals surface area (Å²) in [5.74, 6) is -0.311. The lowest BCUT2D eigenvalue weighted by molar-refractivity contribution is 0.0600. The Labute approximate surface area is 127 Å². The van der Waals surface area contributed by atoms with E-state index < -0.39 is 0 Å². The van der Waals surface area contributed by atoms with E-state index >= 15 is 0 Å². The van der Waals surface area contributed by atoms with Gasteiger partial charge in [0.15, 0.2) is 0 Å². The molecule has 2 rings (SSSR count). The van der Waals surface area contributed by atoms with E-state index in [9.17, 15) is 4.79 Å².